The lowest BCUT2D eigenvalue weighted by Gasteiger charge is -2.14. The number of aromatic nitrogens is 3. The summed E-state index contributed by atoms with van der Waals surface area (Å²) in [6.07, 6.45) is 4.25. The lowest BCUT2D eigenvalue weighted by Crippen LogP contribution is -2.28. The van der Waals surface area contributed by atoms with Crippen LogP contribution < -0.4 is 11.0 Å². The molecule has 10 heteroatoms. The van der Waals surface area contributed by atoms with Gasteiger partial charge in [-0.1, -0.05) is 16.9 Å². The van der Waals surface area contributed by atoms with Crippen LogP contribution in [0, 0.1) is 0 Å². The molecule has 0 saturated carbocycles. The normalized spacial score (nSPS) is 19.1. The summed E-state index contributed by atoms with van der Waals surface area (Å²) in [5, 5.41) is 12.6. The third-order valence-corrected chi connectivity index (χ3v) is 6.16. The first kappa shape index (κ1) is 19.9. The molecule has 0 aromatic carbocycles. The van der Waals surface area contributed by atoms with Crippen LogP contribution in [-0.4, -0.2) is 44.0 Å². The number of aliphatic hydroxyl groups is 1. The Morgan fingerprint density at radius 3 is 2.96 bits per heavy atom. The molecule has 2 atom stereocenters. The Balaban J connectivity index is 1.45. The number of amides is 1. The third kappa shape index (κ3) is 5.80. The van der Waals surface area contributed by atoms with Gasteiger partial charge in [-0.15, -0.1) is 0 Å². The van der Waals surface area contributed by atoms with E-state index in [0.717, 1.165) is 5.03 Å². The molecule has 1 fully saturated rings. The van der Waals surface area contributed by atoms with Gasteiger partial charge in [0.1, 0.15) is 17.1 Å². The van der Waals surface area contributed by atoms with Gasteiger partial charge in [0.05, 0.1) is 12.7 Å². The van der Waals surface area contributed by atoms with Gasteiger partial charge in [0.2, 0.25) is 5.91 Å². The number of rotatable bonds is 8. The minimum Gasteiger partial charge on any atom is -0.394 e. The molecule has 2 aromatic rings. The Kier molecular flexibility index (Phi) is 7.27. The van der Waals surface area contributed by atoms with Crippen LogP contribution in [0.2, 0.25) is 0 Å². The number of anilines is 1. The second-order valence-electron chi connectivity index (χ2n) is 5.85. The number of carbonyl (C=O) groups excluding carboxylic acids is 1. The van der Waals surface area contributed by atoms with Gasteiger partial charge in [-0.25, -0.2) is 9.78 Å². The van der Waals surface area contributed by atoms with E-state index in [2.05, 4.69) is 15.3 Å². The Labute approximate surface area is 164 Å². The topological polar surface area (TPSA) is 106 Å². The molecule has 27 heavy (non-hydrogen) atoms. The average Bonchev–Trinajstić information content (AvgIpc) is 3.15. The van der Waals surface area contributed by atoms with Crippen molar-refractivity contribution >= 4 is 33.3 Å². The van der Waals surface area contributed by atoms with Crippen molar-refractivity contribution in [2.45, 2.75) is 36.6 Å². The predicted octanol–water partition coefficient (Wildman–Crippen LogP) is 2.08. The van der Waals surface area contributed by atoms with E-state index in [-0.39, 0.29) is 24.4 Å². The fraction of sp³-hybridized carbons (Fsp3) is 0.412. The van der Waals surface area contributed by atoms with Crippen LogP contribution in [0.15, 0.2) is 46.5 Å². The summed E-state index contributed by atoms with van der Waals surface area (Å²) in [5.41, 5.74) is -0.489. The second kappa shape index (κ2) is 9.88. The maximum absolute atomic E-state index is 12.2. The van der Waals surface area contributed by atoms with E-state index in [9.17, 15) is 9.59 Å². The van der Waals surface area contributed by atoms with E-state index in [1.165, 1.54) is 15.4 Å². The molecule has 2 aromatic heterocycles. The van der Waals surface area contributed by atoms with E-state index in [1.54, 1.807) is 29.3 Å². The molecular weight excluding hydrogens is 388 g/mol. The van der Waals surface area contributed by atoms with Gasteiger partial charge in [0.25, 0.3) is 0 Å². The molecule has 0 spiro atoms. The molecule has 1 amide bonds. The van der Waals surface area contributed by atoms with Gasteiger partial charge >= 0.3 is 5.69 Å². The minimum absolute atomic E-state index is 0.0660. The summed E-state index contributed by atoms with van der Waals surface area (Å²) >= 11 is 0. The Morgan fingerprint density at radius 1 is 1.37 bits per heavy atom. The highest BCUT2D eigenvalue weighted by Gasteiger charge is 2.26. The maximum atomic E-state index is 12.2. The van der Waals surface area contributed by atoms with Crippen molar-refractivity contribution in [3.8, 4) is 0 Å². The van der Waals surface area contributed by atoms with Crippen LogP contribution in [0.4, 0.5) is 5.82 Å². The molecular formula is C17H20N4O4S2. The first-order valence-electron chi connectivity index (χ1n) is 8.51. The molecule has 0 radical (unpaired) electrons. The van der Waals surface area contributed by atoms with Gasteiger partial charge in [0.15, 0.2) is 0 Å². The minimum atomic E-state index is -0.489. The van der Waals surface area contributed by atoms with Gasteiger partial charge < -0.3 is 15.2 Å². The van der Waals surface area contributed by atoms with Crippen LogP contribution in [-0.2, 0) is 9.53 Å². The molecule has 0 unspecified atom stereocenters. The highest BCUT2D eigenvalue weighted by molar-refractivity contribution is 8.76. The smallest absolute Gasteiger partial charge is 0.351 e. The van der Waals surface area contributed by atoms with Crippen molar-refractivity contribution in [1.29, 1.82) is 0 Å². The largest absolute Gasteiger partial charge is 0.394 e. The van der Waals surface area contributed by atoms with E-state index < -0.39 is 11.9 Å². The van der Waals surface area contributed by atoms with Crippen molar-refractivity contribution in [3.63, 3.8) is 0 Å². The molecule has 3 heterocycles. The molecule has 1 aliphatic rings. The summed E-state index contributed by atoms with van der Waals surface area (Å²) in [4.78, 5) is 32.3. The summed E-state index contributed by atoms with van der Waals surface area (Å²) in [6.45, 7) is -0.0660. The van der Waals surface area contributed by atoms with Crippen LogP contribution in [0.5, 0.6) is 0 Å². The van der Waals surface area contributed by atoms with E-state index >= 15 is 0 Å². The zero-order chi connectivity index (χ0) is 19.1. The molecule has 0 aliphatic carbocycles. The zero-order valence-electron chi connectivity index (χ0n) is 14.5. The van der Waals surface area contributed by atoms with Crippen LogP contribution in [0.3, 0.4) is 0 Å². The monoisotopic (exact) mass is 408 g/mol. The Bertz CT molecular complexity index is 818. The number of nitrogens with zero attached hydrogens (tertiary/aromatic N) is 3. The number of ether oxygens (including phenoxy) is 1. The first-order chi connectivity index (χ1) is 13.2. The highest BCUT2D eigenvalue weighted by atomic mass is 33.1. The standard InChI is InChI=1S/C17H20N4O4S2/c22-11-12-4-5-16(25-12)21-9-6-13(20-17(21)24)19-14(23)7-10-26-27-15-3-1-2-8-18-15/h1-3,6,8-9,12,16,22H,4-5,7,10-11H2,(H,19,20,23,24)/t12-,16+/m0/s1. The summed E-state index contributed by atoms with van der Waals surface area (Å²) < 4.78 is 6.96. The summed E-state index contributed by atoms with van der Waals surface area (Å²) in [7, 11) is 3.05. The lowest BCUT2D eigenvalue weighted by atomic mass is 10.2. The number of hydrogen-bond donors (Lipinski definition) is 2. The van der Waals surface area contributed by atoms with E-state index in [4.69, 9.17) is 9.84 Å². The van der Waals surface area contributed by atoms with Crippen molar-refractivity contribution < 1.29 is 14.6 Å². The molecule has 1 saturated heterocycles. The summed E-state index contributed by atoms with van der Waals surface area (Å²) in [5.74, 6) is 0.634. The first-order valence-corrected chi connectivity index (χ1v) is 10.8. The van der Waals surface area contributed by atoms with Crippen molar-refractivity contribution in [2.24, 2.45) is 0 Å². The zero-order valence-corrected chi connectivity index (χ0v) is 16.1. The number of hydrogen-bond acceptors (Lipinski definition) is 8. The van der Waals surface area contributed by atoms with Crippen molar-refractivity contribution in [1.82, 2.24) is 14.5 Å². The molecule has 3 rings (SSSR count). The third-order valence-electron chi connectivity index (χ3n) is 3.89. The predicted molar refractivity (Wildman–Crippen MR) is 105 cm³/mol. The molecule has 1 aliphatic heterocycles. The molecule has 8 nitrogen and oxygen atoms in total. The van der Waals surface area contributed by atoms with Gasteiger partial charge in [-0.2, -0.15) is 4.98 Å². The van der Waals surface area contributed by atoms with E-state index in [0.29, 0.717) is 25.0 Å². The number of pyridine rings is 1. The maximum Gasteiger partial charge on any atom is 0.351 e. The molecule has 2 N–H and O–H groups in total. The van der Waals surface area contributed by atoms with Gasteiger partial charge in [-0.3, -0.25) is 9.36 Å². The van der Waals surface area contributed by atoms with Gasteiger partial charge in [0, 0.05) is 24.6 Å². The summed E-state index contributed by atoms with van der Waals surface area (Å²) in [6, 6.07) is 7.25. The Morgan fingerprint density at radius 2 is 2.26 bits per heavy atom. The second-order valence-corrected chi connectivity index (χ2v) is 8.28. The fourth-order valence-corrected chi connectivity index (χ4v) is 4.43. The average molecular weight is 409 g/mol. The SMILES string of the molecule is O=C(CCSSc1ccccn1)Nc1ccn([C@H]2CC[C@@H](CO)O2)c(=O)n1. The lowest BCUT2D eigenvalue weighted by molar-refractivity contribution is -0.115. The quantitative estimate of drug-likeness (QED) is 0.505. The fourth-order valence-electron chi connectivity index (χ4n) is 2.57. The Hall–Kier alpha value is -1.88. The van der Waals surface area contributed by atoms with Crippen LogP contribution in [0.1, 0.15) is 25.5 Å². The van der Waals surface area contributed by atoms with E-state index in [1.807, 2.05) is 18.2 Å². The number of aliphatic hydroxyl groups excluding tert-OH is 1. The number of carbonyl (C=O) groups is 1. The van der Waals surface area contributed by atoms with Crippen molar-refractivity contribution in [3.05, 3.63) is 47.1 Å². The van der Waals surface area contributed by atoms with Crippen LogP contribution >= 0.6 is 21.6 Å². The molecule has 0 bridgehead atoms. The highest BCUT2D eigenvalue weighted by Crippen LogP contribution is 2.29. The van der Waals surface area contributed by atoms with Crippen molar-refractivity contribution in [2.75, 3.05) is 17.7 Å². The number of nitrogens with one attached hydrogen (secondary N) is 1. The molecule has 144 valence electrons. The van der Waals surface area contributed by atoms with Crippen LogP contribution in [0.25, 0.3) is 0 Å². The van der Waals surface area contributed by atoms with Gasteiger partial charge in [-0.05, 0) is 41.8 Å².